The Morgan fingerprint density at radius 3 is 2.16 bits per heavy atom. The van der Waals surface area contributed by atoms with Gasteiger partial charge in [0.2, 0.25) is 10.0 Å². The van der Waals surface area contributed by atoms with Gasteiger partial charge in [0.1, 0.15) is 0 Å². The monoisotopic (exact) mass is 284 g/mol. The maximum absolute atomic E-state index is 12.0. The molecule has 5 heteroatoms. The molecule has 4 nitrogen and oxygen atoms in total. The predicted molar refractivity (Wildman–Crippen MR) is 77.8 cm³/mol. The zero-order valence-corrected chi connectivity index (χ0v) is 12.9. The molecule has 0 unspecified atom stereocenters. The lowest BCUT2D eigenvalue weighted by atomic mass is 10.1. The van der Waals surface area contributed by atoms with Crippen molar-refractivity contribution < 1.29 is 8.42 Å². The van der Waals surface area contributed by atoms with Crippen molar-refractivity contribution in [1.29, 1.82) is 0 Å². The van der Waals surface area contributed by atoms with Crippen molar-refractivity contribution in [2.45, 2.75) is 46.1 Å². The third kappa shape index (κ3) is 3.03. The first-order chi connectivity index (χ1) is 8.95. The average molecular weight is 284 g/mol. The smallest absolute Gasteiger partial charge is 0.214 e. The van der Waals surface area contributed by atoms with E-state index in [4.69, 9.17) is 0 Å². The molecule has 0 aliphatic carbocycles. The number of rotatable bonds is 4. The van der Waals surface area contributed by atoms with Crippen LogP contribution in [0.2, 0.25) is 0 Å². The quantitative estimate of drug-likeness (QED) is 0.852. The Hall–Kier alpha value is -0.810. The summed E-state index contributed by atoms with van der Waals surface area (Å²) in [5.74, 6) is 0.277. The van der Waals surface area contributed by atoms with Gasteiger partial charge in [0.15, 0.2) is 0 Å². The summed E-state index contributed by atoms with van der Waals surface area (Å²) in [6.07, 6.45) is 2.52. The first-order valence-corrected chi connectivity index (χ1v) is 8.69. The van der Waals surface area contributed by atoms with Crippen molar-refractivity contribution in [3.05, 3.63) is 23.5 Å². The van der Waals surface area contributed by atoms with E-state index in [1.165, 1.54) is 11.4 Å². The Kier molecular flexibility index (Phi) is 4.36. The van der Waals surface area contributed by atoms with Gasteiger partial charge in [-0.1, -0.05) is 6.92 Å². The zero-order valence-electron chi connectivity index (χ0n) is 12.1. The van der Waals surface area contributed by atoms with Crippen LogP contribution in [0.1, 0.15) is 43.6 Å². The standard InChI is InChI=1S/C14H24N2O2S/c1-4-11-19(17,18)15-9-7-14(8-10-15)16-12(2)5-6-13(16)3/h5-6,14H,4,7-11H2,1-3H3. The fourth-order valence-corrected chi connectivity index (χ4v) is 4.56. The number of hydrogen-bond acceptors (Lipinski definition) is 2. The maximum Gasteiger partial charge on any atom is 0.214 e. The molecule has 1 aliphatic heterocycles. The van der Waals surface area contributed by atoms with Gasteiger partial charge in [0, 0.05) is 30.5 Å². The van der Waals surface area contributed by atoms with Crippen LogP contribution in [0.4, 0.5) is 0 Å². The summed E-state index contributed by atoms with van der Waals surface area (Å²) in [6.45, 7) is 7.46. The highest BCUT2D eigenvalue weighted by molar-refractivity contribution is 7.89. The molecule has 0 N–H and O–H groups in total. The van der Waals surface area contributed by atoms with Crippen molar-refractivity contribution >= 4 is 10.0 Å². The second kappa shape index (κ2) is 5.67. The molecule has 108 valence electrons. The lowest BCUT2D eigenvalue weighted by Crippen LogP contribution is -2.40. The first-order valence-electron chi connectivity index (χ1n) is 7.08. The Balaban J connectivity index is 2.04. The SMILES string of the molecule is CCCS(=O)(=O)N1CCC(n2c(C)ccc2C)CC1. The molecular weight excluding hydrogens is 260 g/mol. The van der Waals surface area contributed by atoms with Gasteiger partial charge in [0.25, 0.3) is 0 Å². The van der Waals surface area contributed by atoms with Crippen molar-refractivity contribution in [1.82, 2.24) is 8.87 Å². The molecule has 0 radical (unpaired) electrons. The summed E-state index contributed by atoms with van der Waals surface area (Å²) in [5.41, 5.74) is 2.54. The van der Waals surface area contributed by atoms with Gasteiger partial charge in [-0.2, -0.15) is 0 Å². The average Bonchev–Trinajstić information content (AvgIpc) is 2.69. The van der Waals surface area contributed by atoms with E-state index in [0.29, 0.717) is 25.6 Å². The number of hydrogen-bond donors (Lipinski definition) is 0. The van der Waals surface area contributed by atoms with Gasteiger partial charge in [-0.25, -0.2) is 12.7 Å². The zero-order chi connectivity index (χ0) is 14.0. The first kappa shape index (κ1) is 14.6. The van der Waals surface area contributed by atoms with E-state index in [9.17, 15) is 8.42 Å². The van der Waals surface area contributed by atoms with Gasteiger partial charge in [0.05, 0.1) is 5.75 Å². The van der Waals surface area contributed by atoms with E-state index in [1.54, 1.807) is 4.31 Å². The largest absolute Gasteiger partial charge is 0.346 e. The molecule has 0 saturated carbocycles. The molecule has 0 amide bonds. The molecule has 2 rings (SSSR count). The highest BCUT2D eigenvalue weighted by atomic mass is 32.2. The van der Waals surface area contributed by atoms with Crippen LogP contribution < -0.4 is 0 Å². The Morgan fingerprint density at radius 1 is 1.16 bits per heavy atom. The summed E-state index contributed by atoms with van der Waals surface area (Å²) in [7, 11) is -3.02. The van der Waals surface area contributed by atoms with Crippen LogP contribution in [0.5, 0.6) is 0 Å². The molecule has 1 aliphatic rings. The summed E-state index contributed by atoms with van der Waals surface area (Å²) in [4.78, 5) is 0. The van der Waals surface area contributed by atoms with Crippen molar-refractivity contribution in [3.8, 4) is 0 Å². The summed E-state index contributed by atoms with van der Waals surface area (Å²) in [5, 5.41) is 0. The van der Waals surface area contributed by atoms with E-state index in [0.717, 1.165) is 12.8 Å². The number of piperidine rings is 1. The number of aromatic nitrogens is 1. The summed E-state index contributed by atoms with van der Waals surface area (Å²) < 4.78 is 28.1. The lowest BCUT2D eigenvalue weighted by Gasteiger charge is -2.33. The summed E-state index contributed by atoms with van der Waals surface area (Å²) in [6, 6.07) is 4.72. The van der Waals surface area contributed by atoms with Crippen LogP contribution in [-0.4, -0.2) is 36.1 Å². The minimum Gasteiger partial charge on any atom is -0.346 e. The normalized spacial score (nSPS) is 18.9. The number of sulfonamides is 1. The summed E-state index contributed by atoms with van der Waals surface area (Å²) >= 11 is 0. The minimum absolute atomic E-state index is 0.277. The van der Waals surface area contributed by atoms with Gasteiger partial charge < -0.3 is 4.57 Å². The predicted octanol–water partition coefficient (Wildman–Crippen LogP) is 2.48. The molecule has 0 spiro atoms. The van der Waals surface area contributed by atoms with Crippen LogP contribution in [0.3, 0.4) is 0 Å². The lowest BCUT2D eigenvalue weighted by molar-refractivity contribution is 0.270. The molecule has 0 bridgehead atoms. The molecule has 2 heterocycles. The molecule has 0 aromatic carbocycles. The molecule has 1 aromatic heterocycles. The number of aryl methyl sites for hydroxylation is 2. The van der Waals surface area contributed by atoms with E-state index in [2.05, 4.69) is 30.5 Å². The second-order valence-electron chi connectivity index (χ2n) is 5.43. The highest BCUT2D eigenvalue weighted by Crippen LogP contribution is 2.27. The molecular formula is C14H24N2O2S. The molecule has 1 aromatic rings. The second-order valence-corrected chi connectivity index (χ2v) is 7.52. The van der Waals surface area contributed by atoms with Crippen LogP contribution in [-0.2, 0) is 10.0 Å². The van der Waals surface area contributed by atoms with Gasteiger partial charge in [-0.3, -0.25) is 0 Å². The molecule has 1 saturated heterocycles. The van der Waals surface area contributed by atoms with Crippen LogP contribution >= 0.6 is 0 Å². The van der Waals surface area contributed by atoms with Gasteiger partial charge in [-0.15, -0.1) is 0 Å². The van der Waals surface area contributed by atoms with Crippen LogP contribution in [0.25, 0.3) is 0 Å². The van der Waals surface area contributed by atoms with Crippen LogP contribution in [0, 0.1) is 13.8 Å². The Bertz CT molecular complexity index is 506. The molecule has 0 atom stereocenters. The minimum atomic E-state index is -3.02. The van der Waals surface area contributed by atoms with Crippen molar-refractivity contribution in [2.75, 3.05) is 18.8 Å². The van der Waals surface area contributed by atoms with Crippen LogP contribution in [0.15, 0.2) is 12.1 Å². The van der Waals surface area contributed by atoms with Gasteiger partial charge in [-0.05, 0) is 45.2 Å². The molecule has 19 heavy (non-hydrogen) atoms. The fraction of sp³-hybridized carbons (Fsp3) is 0.714. The van der Waals surface area contributed by atoms with Gasteiger partial charge >= 0.3 is 0 Å². The third-order valence-corrected chi connectivity index (χ3v) is 6.05. The van der Waals surface area contributed by atoms with Crippen molar-refractivity contribution in [3.63, 3.8) is 0 Å². The number of nitrogens with zero attached hydrogens (tertiary/aromatic N) is 2. The van der Waals surface area contributed by atoms with E-state index < -0.39 is 10.0 Å². The van der Waals surface area contributed by atoms with E-state index >= 15 is 0 Å². The Labute approximate surface area is 116 Å². The fourth-order valence-electron chi connectivity index (χ4n) is 3.02. The molecule has 1 fully saturated rings. The van der Waals surface area contributed by atoms with E-state index in [-0.39, 0.29) is 5.75 Å². The Morgan fingerprint density at radius 2 is 1.68 bits per heavy atom. The topological polar surface area (TPSA) is 42.3 Å². The maximum atomic E-state index is 12.0. The van der Waals surface area contributed by atoms with E-state index in [1.807, 2.05) is 6.92 Å². The highest BCUT2D eigenvalue weighted by Gasteiger charge is 2.28. The van der Waals surface area contributed by atoms with Crippen molar-refractivity contribution in [2.24, 2.45) is 0 Å². The third-order valence-electron chi connectivity index (χ3n) is 3.97.